The Balaban J connectivity index is 1.36. The molecule has 9 nitrogen and oxygen atoms in total. The third-order valence-electron chi connectivity index (χ3n) is 8.96. The molecule has 0 bridgehead atoms. The Morgan fingerprint density at radius 1 is 1.30 bits per heavy atom. The maximum atomic E-state index is 14.3. The molecule has 5 atom stereocenters. The number of urea groups is 1. The average Bonchev–Trinajstić information content (AvgIpc) is 3.45. The van der Waals surface area contributed by atoms with Crippen LogP contribution in [0.1, 0.15) is 49.9 Å². The molecular weight excluding hydrogens is 527 g/mol. The van der Waals surface area contributed by atoms with Crippen LogP contribution in [0.15, 0.2) is 12.3 Å². The number of methoxy groups -OCH3 is 1. The zero-order chi connectivity index (χ0) is 28.7. The molecule has 2 unspecified atom stereocenters. The second kappa shape index (κ2) is 11.4. The summed E-state index contributed by atoms with van der Waals surface area (Å²) in [7, 11) is 1.67. The van der Waals surface area contributed by atoms with E-state index in [0.717, 1.165) is 25.1 Å². The minimum atomic E-state index is -4.50. The van der Waals surface area contributed by atoms with Gasteiger partial charge in [-0.2, -0.15) is 13.2 Å². The van der Waals surface area contributed by atoms with Gasteiger partial charge in [0, 0.05) is 76.8 Å². The Morgan fingerprint density at radius 2 is 2.10 bits per heavy atom. The minimum Gasteiger partial charge on any atom is -0.379 e. The number of rotatable bonds is 6. The topological polar surface area (TPSA) is 96.0 Å². The number of carbonyl (C=O) groups is 2. The van der Waals surface area contributed by atoms with E-state index in [2.05, 4.69) is 15.6 Å². The fourth-order valence-electron chi connectivity index (χ4n) is 6.89. The van der Waals surface area contributed by atoms with E-state index in [9.17, 15) is 22.8 Å². The van der Waals surface area contributed by atoms with Gasteiger partial charge in [-0.1, -0.05) is 13.8 Å². The van der Waals surface area contributed by atoms with Crippen LogP contribution >= 0.6 is 0 Å². The molecular formula is C28H40F3N5O4. The van der Waals surface area contributed by atoms with Crippen LogP contribution in [0, 0.1) is 17.3 Å². The summed E-state index contributed by atoms with van der Waals surface area (Å²) in [6.07, 6.45) is -1.21. The van der Waals surface area contributed by atoms with Crippen molar-refractivity contribution >= 4 is 11.9 Å². The van der Waals surface area contributed by atoms with E-state index in [1.165, 1.54) is 0 Å². The van der Waals surface area contributed by atoms with Gasteiger partial charge in [0.15, 0.2) is 0 Å². The van der Waals surface area contributed by atoms with Gasteiger partial charge in [0.1, 0.15) is 0 Å². The number of fused-ring (bicyclic) bond motifs is 2. The highest BCUT2D eigenvalue weighted by atomic mass is 19.4. The third-order valence-corrected chi connectivity index (χ3v) is 8.96. The molecule has 1 saturated carbocycles. The fourth-order valence-corrected chi connectivity index (χ4v) is 6.89. The molecule has 3 fully saturated rings. The number of alkyl halides is 3. The summed E-state index contributed by atoms with van der Waals surface area (Å²) in [5.74, 6) is 0.163. The van der Waals surface area contributed by atoms with Crippen LogP contribution in [0.25, 0.3) is 0 Å². The van der Waals surface area contributed by atoms with Crippen molar-refractivity contribution in [2.75, 3.05) is 46.5 Å². The van der Waals surface area contributed by atoms with Gasteiger partial charge in [-0.15, -0.1) is 0 Å². The van der Waals surface area contributed by atoms with E-state index in [1.807, 2.05) is 13.8 Å². The Hall–Kier alpha value is -2.44. The first-order valence-corrected chi connectivity index (χ1v) is 14.2. The summed E-state index contributed by atoms with van der Waals surface area (Å²) in [6.45, 7) is 7.00. The summed E-state index contributed by atoms with van der Waals surface area (Å²) < 4.78 is 51.3. The van der Waals surface area contributed by atoms with Gasteiger partial charge >= 0.3 is 12.2 Å². The highest BCUT2D eigenvalue weighted by Gasteiger charge is 2.59. The van der Waals surface area contributed by atoms with Crippen LogP contribution in [-0.2, 0) is 33.4 Å². The zero-order valence-electron chi connectivity index (χ0n) is 23.4. The van der Waals surface area contributed by atoms with E-state index in [-0.39, 0.29) is 42.6 Å². The molecule has 0 spiro atoms. The number of amides is 3. The van der Waals surface area contributed by atoms with Crippen LogP contribution < -0.4 is 10.6 Å². The molecule has 4 heterocycles. The number of pyridine rings is 1. The second-order valence-corrected chi connectivity index (χ2v) is 12.2. The minimum absolute atomic E-state index is 0.0517. The number of aromatic nitrogens is 1. The van der Waals surface area contributed by atoms with Crippen LogP contribution in [0.4, 0.5) is 18.0 Å². The van der Waals surface area contributed by atoms with Crippen molar-refractivity contribution in [3.8, 4) is 0 Å². The number of carbonyl (C=O) groups excluding carboxylic acids is 2. The summed E-state index contributed by atoms with van der Waals surface area (Å²) in [6, 6.07) is 1.11. The van der Waals surface area contributed by atoms with Gasteiger partial charge < -0.3 is 29.9 Å². The largest absolute Gasteiger partial charge is 0.417 e. The molecule has 2 saturated heterocycles. The Bertz CT molecular complexity index is 1100. The first-order chi connectivity index (χ1) is 19.0. The van der Waals surface area contributed by atoms with Gasteiger partial charge in [0.2, 0.25) is 5.91 Å². The van der Waals surface area contributed by atoms with Gasteiger partial charge in [-0.3, -0.25) is 9.78 Å². The quantitative estimate of drug-likeness (QED) is 0.549. The summed E-state index contributed by atoms with van der Waals surface area (Å²) in [5, 5.41) is 6.70. The Kier molecular flexibility index (Phi) is 8.32. The molecule has 1 aromatic heterocycles. The second-order valence-electron chi connectivity index (χ2n) is 12.2. The molecule has 2 N–H and O–H groups in total. The van der Waals surface area contributed by atoms with Crippen molar-refractivity contribution in [1.82, 2.24) is 25.4 Å². The first kappa shape index (κ1) is 29.1. The number of halogens is 3. The predicted molar refractivity (Wildman–Crippen MR) is 140 cm³/mol. The van der Waals surface area contributed by atoms with E-state index in [1.54, 1.807) is 16.9 Å². The van der Waals surface area contributed by atoms with Gasteiger partial charge in [-0.25, -0.2) is 4.79 Å². The van der Waals surface area contributed by atoms with Gasteiger partial charge in [0.25, 0.3) is 0 Å². The highest BCUT2D eigenvalue weighted by molar-refractivity contribution is 5.86. The molecule has 5 rings (SSSR count). The molecule has 3 aliphatic heterocycles. The number of likely N-dealkylation sites (tertiary alicyclic amines) is 1. The maximum Gasteiger partial charge on any atom is 0.417 e. The number of hydrogen-bond donors (Lipinski definition) is 2. The summed E-state index contributed by atoms with van der Waals surface area (Å²) in [5.41, 5.74) is -0.569. The van der Waals surface area contributed by atoms with Crippen LogP contribution in [0.3, 0.4) is 0 Å². The molecule has 12 heteroatoms. The lowest BCUT2D eigenvalue weighted by Gasteiger charge is -2.37. The van der Waals surface area contributed by atoms with E-state index in [4.69, 9.17) is 9.47 Å². The normalized spacial score (nSPS) is 30.4. The van der Waals surface area contributed by atoms with Crippen molar-refractivity contribution in [2.24, 2.45) is 17.3 Å². The number of hydrogen-bond acceptors (Lipinski definition) is 6. The number of ether oxygens (including phenoxy) is 2. The molecule has 4 aliphatic rings. The maximum absolute atomic E-state index is 14.3. The molecule has 0 radical (unpaired) electrons. The van der Waals surface area contributed by atoms with Crippen molar-refractivity contribution in [3.05, 3.63) is 29.1 Å². The Labute approximate surface area is 233 Å². The van der Waals surface area contributed by atoms with Crippen molar-refractivity contribution < 1.29 is 32.2 Å². The molecule has 0 aromatic carbocycles. The molecule has 3 amide bonds. The number of nitrogens with zero attached hydrogens (tertiary/aromatic N) is 3. The van der Waals surface area contributed by atoms with Crippen LogP contribution in [-0.4, -0.2) is 91.4 Å². The average molecular weight is 568 g/mol. The summed E-state index contributed by atoms with van der Waals surface area (Å²) >= 11 is 0. The van der Waals surface area contributed by atoms with Gasteiger partial charge in [-0.05, 0) is 42.7 Å². The van der Waals surface area contributed by atoms with Crippen LogP contribution in [0.5, 0.6) is 0 Å². The molecule has 222 valence electrons. The summed E-state index contributed by atoms with van der Waals surface area (Å²) in [4.78, 5) is 34.8. The van der Waals surface area contributed by atoms with Crippen molar-refractivity contribution in [1.29, 1.82) is 0 Å². The van der Waals surface area contributed by atoms with Crippen LogP contribution in [0.2, 0.25) is 0 Å². The standard InChI is InChI=1S/C28H40F3N5O4/c1-17(2)11-33-26(38)36-14-20-9-21(34-23-5-7-40-15-24(23)39-3)10-27(20,16-36)25(37)35-6-4-22-18(13-35)8-19(12-32-22)28(29,30)31/h8,12,17,20-21,23-24,34H,4-7,9-11,13-16H2,1-3H3,(H,33,38)/t20-,21+,23?,24?,27-/m0/s1. The molecule has 40 heavy (non-hydrogen) atoms. The highest BCUT2D eigenvalue weighted by Crippen LogP contribution is 2.50. The lowest BCUT2D eigenvalue weighted by molar-refractivity contribution is -0.143. The van der Waals surface area contributed by atoms with Gasteiger partial charge in [0.05, 0.1) is 23.7 Å². The van der Waals surface area contributed by atoms with E-state index < -0.39 is 17.2 Å². The molecule has 1 aromatic rings. The third kappa shape index (κ3) is 5.80. The fraction of sp³-hybridized carbons (Fsp3) is 0.750. The smallest absolute Gasteiger partial charge is 0.379 e. The van der Waals surface area contributed by atoms with Crippen molar-refractivity contribution in [2.45, 2.75) is 70.4 Å². The Morgan fingerprint density at radius 3 is 2.83 bits per heavy atom. The predicted octanol–water partition coefficient (Wildman–Crippen LogP) is 2.82. The van der Waals surface area contributed by atoms with Crippen molar-refractivity contribution in [3.63, 3.8) is 0 Å². The molecule has 1 aliphatic carbocycles. The van der Waals surface area contributed by atoms with E-state index in [0.29, 0.717) is 69.4 Å². The monoisotopic (exact) mass is 567 g/mol. The SMILES string of the molecule is COC1COCCC1N[C@@H]1C[C@H]2CN(C(=O)NCC(C)C)C[C@@]2(C(=O)N2CCc3ncc(C(F)(F)F)cc3C2)C1. The zero-order valence-corrected chi connectivity index (χ0v) is 23.4. The lowest BCUT2D eigenvalue weighted by Crippen LogP contribution is -2.52. The van der Waals surface area contributed by atoms with E-state index >= 15 is 0 Å². The lowest BCUT2D eigenvalue weighted by atomic mass is 9.78. The first-order valence-electron chi connectivity index (χ1n) is 14.2. The number of nitrogens with one attached hydrogen (secondary N) is 2.